The summed E-state index contributed by atoms with van der Waals surface area (Å²) in [5.74, 6) is -0.995. The number of benzene rings is 1. The largest absolute Gasteiger partial charge is 0.481 e. The van der Waals surface area contributed by atoms with Crippen molar-refractivity contribution in [3.63, 3.8) is 0 Å². The van der Waals surface area contributed by atoms with Gasteiger partial charge in [-0.3, -0.25) is 9.59 Å². The third kappa shape index (κ3) is 3.00. The maximum atomic E-state index is 12.4. The lowest BCUT2D eigenvalue weighted by atomic mass is 9.88. The average molecular weight is 275 g/mol. The van der Waals surface area contributed by atoms with Gasteiger partial charge in [0.25, 0.3) is 0 Å². The molecular weight excluding hydrogens is 254 g/mol. The number of carboxylic acids is 1. The first-order valence-corrected chi connectivity index (χ1v) is 6.99. The van der Waals surface area contributed by atoms with Crippen molar-refractivity contribution in [2.24, 2.45) is 5.41 Å². The van der Waals surface area contributed by atoms with Crippen molar-refractivity contribution in [1.82, 2.24) is 4.90 Å². The molecule has 1 aromatic rings. The van der Waals surface area contributed by atoms with Gasteiger partial charge in [0.15, 0.2) is 0 Å². The Morgan fingerprint density at radius 1 is 1.30 bits per heavy atom. The molecule has 4 heteroatoms. The third-order valence-corrected chi connectivity index (χ3v) is 3.93. The summed E-state index contributed by atoms with van der Waals surface area (Å²) in [5, 5.41) is 9.15. The van der Waals surface area contributed by atoms with Crippen LogP contribution in [0.1, 0.15) is 44.7 Å². The molecule has 0 spiro atoms. The maximum absolute atomic E-state index is 12.4. The number of rotatable bonds is 4. The van der Waals surface area contributed by atoms with E-state index >= 15 is 0 Å². The molecule has 1 heterocycles. The van der Waals surface area contributed by atoms with Gasteiger partial charge in [0.2, 0.25) is 5.91 Å². The van der Waals surface area contributed by atoms with Crippen LogP contribution in [-0.2, 0) is 9.59 Å². The molecule has 1 aliphatic rings. The number of nitrogens with zero attached hydrogens (tertiary/aromatic N) is 1. The third-order valence-electron chi connectivity index (χ3n) is 3.93. The van der Waals surface area contributed by atoms with Crippen molar-refractivity contribution in [2.45, 2.75) is 39.2 Å². The van der Waals surface area contributed by atoms with E-state index in [4.69, 9.17) is 5.11 Å². The number of hydrogen-bond donors (Lipinski definition) is 1. The summed E-state index contributed by atoms with van der Waals surface area (Å²) in [6, 6.07) is 10.0. The van der Waals surface area contributed by atoms with Gasteiger partial charge in [0.05, 0.1) is 11.5 Å². The standard InChI is InChI=1S/C16H21NO3/c1-16(2,15(19)20)11-14(18)17-10-6-9-13(17)12-7-4-3-5-8-12/h3-5,7-8,13H,6,9-11H2,1-2H3,(H,19,20). The monoisotopic (exact) mass is 275 g/mol. The second-order valence-electron chi connectivity index (χ2n) is 6.02. The molecule has 1 aliphatic heterocycles. The van der Waals surface area contributed by atoms with E-state index < -0.39 is 11.4 Å². The van der Waals surface area contributed by atoms with Crippen LogP contribution in [0.4, 0.5) is 0 Å². The van der Waals surface area contributed by atoms with E-state index in [-0.39, 0.29) is 18.4 Å². The molecule has 108 valence electrons. The Kier molecular flexibility index (Phi) is 4.12. The van der Waals surface area contributed by atoms with Crippen molar-refractivity contribution in [1.29, 1.82) is 0 Å². The molecule has 4 nitrogen and oxygen atoms in total. The number of carbonyl (C=O) groups is 2. The molecule has 2 rings (SSSR count). The maximum Gasteiger partial charge on any atom is 0.309 e. The fourth-order valence-electron chi connectivity index (χ4n) is 2.64. The molecule has 0 saturated carbocycles. The van der Waals surface area contributed by atoms with Crippen molar-refractivity contribution < 1.29 is 14.7 Å². The summed E-state index contributed by atoms with van der Waals surface area (Å²) in [4.78, 5) is 25.4. The van der Waals surface area contributed by atoms with E-state index in [0.717, 1.165) is 18.4 Å². The predicted octanol–water partition coefficient (Wildman–Crippen LogP) is 2.85. The van der Waals surface area contributed by atoms with E-state index in [0.29, 0.717) is 6.54 Å². The molecule has 1 saturated heterocycles. The molecule has 1 unspecified atom stereocenters. The average Bonchev–Trinajstić information content (AvgIpc) is 2.88. The molecule has 0 bridgehead atoms. The molecule has 1 aromatic carbocycles. The lowest BCUT2D eigenvalue weighted by molar-refractivity contribution is -0.151. The van der Waals surface area contributed by atoms with Gasteiger partial charge in [-0.25, -0.2) is 0 Å². The van der Waals surface area contributed by atoms with Crippen LogP contribution in [0, 0.1) is 5.41 Å². The normalized spacial score (nSPS) is 19.1. The van der Waals surface area contributed by atoms with E-state index in [1.807, 2.05) is 35.2 Å². The highest BCUT2D eigenvalue weighted by Crippen LogP contribution is 2.34. The zero-order valence-electron chi connectivity index (χ0n) is 12.0. The molecule has 0 aromatic heterocycles. The first-order valence-electron chi connectivity index (χ1n) is 6.99. The minimum Gasteiger partial charge on any atom is -0.481 e. The lowest BCUT2D eigenvalue weighted by Gasteiger charge is -2.28. The summed E-state index contributed by atoms with van der Waals surface area (Å²) in [6.07, 6.45) is 1.97. The lowest BCUT2D eigenvalue weighted by Crippen LogP contribution is -2.36. The predicted molar refractivity (Wildman–Crippen MR) is 76.2 cm³/mol. The van der Waals surface area contributed by atoms with Gasteiger partial charge < -0.3 is 10.0 Å². The molecular formula is C16H21NO3. The Hall–Kier alpha value is -1.84. The first-order chi connectivity index (χ1) is 9.42. The topological polar surface area (TPSA) is 57.6 Å². The van der Waals surface area contributed by atoms with Crippen LogP contribution in [-0.4, -0.2) is 28.4 Å². The second-order valence-corrected chi connectivity index (χ2v) is 6.02. The fourth-order valence-corrected chi connectivity index (χ4v) is 2.64. The van der Waals surface area contributed by atoms with E-state index in [9.17, 15) is 9.59 Å². The number of aliphatic carboxylic acids is 1. The number of carbonyl (C=O) groups excluding carboxylic acids is 1. The van der Waals surface area contributed by atoms with Crippen molar-refractivity contribution in [3.05, 3.63) is 35.9 Å². The second kappa shape index (κ2) is 5.65. The van der Waals surface area contributed by atoms with Crippen molar-refractivity contribution >= 4 is 11.9 Å². The van der Waals surface area contributed by atoms with Crippen LogP contribution in [0.3, 0.4) is 0 Å². The van der Waals surface area contributed by atoms with E-state index in [1.165, 1.54) is 0 Å². The van der Waals surface area contributed by atoms with Crippen LogP contribution in [0.15, 0.2) is 30.3 Å². The van der Waals surface area contributed by atoms with Gasteiger partial charge >= 0.3 is 5.97 Å². The summed E-state index contributed by atoms with van der Waals surface area (Å²) in [5.41, 5.74) is 0.118. The van der Waals surface area contributed by atoms with Gasteiger partial charge in [-0.1, -0.05) is 30.3 Å². The Balaban J connectivity index is 2.12. The van der Waals surface area contributed by atoms with Gasteiger partial charge in [0, 0.05) is 13.0 Å². The molecule has 1 amide bonds. The smallest absolute Gasteiger partial charge is 0.309 e. The molecule has 1 N–H and O–H groups in total. The minimum absolute atomic E-state index is 0.0473. The highest BCUT2D eigenvalue weighted by atomic mass is 16.4. The molecule has 20 heavy (non-hydrogen) atoms. The number of carboxylic acid groups (broad SMARTS) is 1. The number of likely N-dealkylation sites (tertiary alicyclic amines) is 1. The van der Waals surface area contributed by atoms with Gasteiger partial charge in [0.1, 0.15) is 0 Å². The first kappa shape index (κ1) is 14.6. The Morgan fingerprint density at radius 3 is 2.55 bits per heavy atom. The SMILES string of the molecule is CC(C)(CC(=O)N1CCCC1c1ccccc1)C(=O)O. The molecule has 1 atom stereocenters. The zero-order valence-corrected chi connectivity index (χ0v) is 12.0. The summed E-state index contributed by atoms with van der Waals surface area (Å²) in [6.45, 7) is 3.91. The highest BCUT2D eigenvalue weighted by molar-refractivity contribution is 5.84. The molecule has 1 fully saturated rings. The van der Waals surface area contributed by atoms with Crippen LogP contribution in [0.5, 0.6) is 0 Å². The van der Waals surface area contributed by atoms with Gasteiger partial charge in [-0.2, -0.15) is 0 Å². The quantitative estimate of drug-likeness (QED) is 0.919. The summed E-state index contributed by atoms with van der Waals surface area (Å²) >= 11 is 0. The number of amides is 1. The van der Waals surface area contributed by atoms with Crippen molar-refractivity contribution in [2.75, 3.05) is 6.54 Å². The number of hydrogen-bond acceptors (Lipinski definition) is 2. The molecule has 0 aliphatic carbocycles. The highest BCUT2D eigenvalue weighted by Gasteiger charge is 2.36. The minimum atomic E-state index is -1.01. The van der Waals surface area contributed by atoms with Crippen LogP contribution >= 0.6 is 0 Å². The van der Waals surface area contributed by atoms with Gasteiger partial charge in [-0.05, 0) is 32.3 Å². The summed E-state index contributed by atoms with van der Waals surface area (Å²) in [7, 11) is 0. The van der Waals surface area contributed by atoms with E-state index in [2.05, 4.69) is 0 Å². The zero-order chi connectivity index (χ0) is 14.8. The van der Waals surface area contributed by atoms with Crippen LogP contribution in [0.2, 0.25) is 0 Å². The van der Waals surface area contributed by atoms with E-state index in [1.54, 1.807) is 13.8 Å². The van der Waals surface area contributed by atoms with Gasteiger partial charge in [-0.15, -0.1) is 0 Å². The Labute approximate surface area is 119 Å². The Bertz CT molecular complexity index is 496. The Morgan fingerprint density at radius 2 is 1.95 bits per heavy atom. The molecule has 0 radical (unpaired) electrons. The van der Waals surface area contributed by atoms with Crippen LogP contribution < -0.4 is 0 Å². The fraction of sp³-hybridized carbons (Fsp3) is 0.500. The van der Waals surface area contributed by atoms with Crippen LogP contribution in [0.25, 0.3) is 0 Å². The van der Waals surface area contributed by atoms with Crippen molar-refractivity contribution in [3.8, 4) is 0 Å². The summed E-state index contributed by atoms with van der Waals surface area (Å²) < 4.78 is 0.